The number of benzene rings is 1. The van der Waals surface area contributed by atoms with E-state index in [0.29, 0.717) is 5.92 Å². The van der Waals surface area contributed by atoms with Gasteiger partial charge in [-0.05, 0) is 37.3 Å². The predicted octanol–water partition coefficient (Wildman–Crippen LogP) is 2.91. The van der Waals surface area contributed by atoms with Gasteiger partial charge in [0.25, 0.3) is 0 Å². The van der Waals surface area contributed by atoms with E-state index in [1.165, 1.54) is 11.1 Å². The average Bonchev–Trinajstić information content (AvgIpc) is 2.65. The van der Waals surface area contributed by atoms with Gasteiger partial charge in [0, 0.05) is 38.9 Å². The molecule has 2 aromatic rings. The Bertz CT molecular complexity index is 766. The number of unbranched alkanes of at least 4 members (excludes halogenated alkanes) is 1. The minimum atomic E-state index is 0.0584. The van der Waals surface area contributed by atoms with Gasteiger partial charge in [0.05, 0.1) is 0 Å². The number of rotatable bonds is 8. The van der Waals surface area contributed by atoms with Gasteiger partial charge in [-0.3, -0.25) is 9.79 Å². The van der Waals surface area contributed by atoms with Gasteiger partial charge < -0.3 is 15.2 Å². The number of hydrogen-bond acceptors (Lipinski definition) is 2. The zero-order chi connectivity index (χ0) is 18.8. The summed E-state index contributed by atoms with van der Waals surface area (Å²) < 4.78 is 1.75. The molecule has 0 bridgehead atoms. The quantitative estimate of drug-likeness (QED) is 0.435. The number of aromatic nitrogens is 1. The molecule has 0 amide bonds. The number of pyridine rings is 1. The van der Waals surface area contributed by atoms with E-state index in [1.54, 1.807) is 23.7 Å². The monoisotopic (exact) mass is 354 g/mol. The summed E-state index contributed by atoms with van der Waals surface area (Å²) in [5, 5.41) is 6.73. The molecule has 0 aliphatic carbocycles. The van der Waals surface area contributed by atoms with Crippen LogP contribution in [0.3, 0.4) is 0 Å². The second-order valence-electron chi connectivity index (χ2n) is 6.63. The maximum Gasteiger partial charge on any atom is 0.250 e. The molecule has 0 saturated heterocycles. The highest BCUT2D eigenvalue weighted by Gasteiger charge is 2.06. The second-order valence-corrected chi connectivity index (χ2v) is 6.63. The Morgan fingerprint density at radius 1 is 1.15 bits per heavy atom. The fourth-order valence-corrected chi connectivity index (χ4v) is 2.82. The molecule has 2 rings (SSSR count). The van der Waals surface area contributed by atoms with E-state index in [0.717, 1.165) is 38.4 Å². The number of guanidine groups is 1. The van der Waals surface area contributed by atoms with Crippen molar-refractivity contribution in [2.45, 2.75) is 39.2 Å². The Morgan fingerprint density at radius 3 is 2.73 bits per heavy atom. The Balaban J connectivity index is 1.68. The van der Waals surface area contributed by atoms with Crippen molar-refractivity contribution in [2.24, 2.45) is 4.99 Å². The molecule has 1 aromatic heterocycles. The van der Waals surface area contributed by atoms with E-state index >= 15 is 0 Å². The summed E-state index contributed by atoms with van der Waals surface area (Å²) in [7, 11) is 1.79. The van der Waals surface area contributed by atoms with Crippen LogP contribution in [0.5, 0.6) is 0 Å². The molecule has 0 aliphatic rings. The normalized spacial score (nSPS) is 12.7. The number of nitrogens with one attached hydrogen (secondary N) is 2. The predicted molar refractivity (Wildman–Crippen MR) is 109 cm³/mol. The van der Waals surface area contributed by atoms with E-state index in [2.05, 4.69) is 53.7 Å². The van der Waals surface area contributed by atoms with Crippen molar-refractivity contribution in [1.29, 1.82) is 0 Å². The summed E-state index contributed by atoms with van der Waals surface area (Å²) in [5.74, 6) is 1.24. The van der Waals surface area contributed by atoms with Gasteiger partial charge in [0.2, 0.25) is 5.56 Å². The van der Waals surface area contributed by atoms with Crippen molar-refractivity contribution in [1.82, 2.24) is 15.2 Å². The van der Waals surface area contributed by atoms with Crippen LogP contribution < -0.4 is 16.2 Å². The van der Waals surface area contributed by atoms with Crippen molar-refractivity contribution < 1.29 is 0 Å². The molecule has 5 heteroatoms. The molecular formula is C21H30N4O. The molecule has 1 unspecified atom stereocenters. The summed E-state index contributed by atoms with van der Waals surface area (Å²) in [6.07, 6.45) is 3.77. The zero-order valence-electron chi connectivity index (χ0n) is 16.0. The average molecular weight is 354 g/mol. The number of aryl methyl sites for hydroxylation is 2. The van der Waals surface area contributed by atoms with E-state index in [9.17, 15) is 4.79 Å². The fourth-order valence-electron chi connectivity index (χ4n) is 2.82. The highest BCUT2D eigenvalue weighted by Crippen LogP contribution is 2.15. The largest absolute Gasteiger partial charge is 0.356 e. The van der Waals surface area contributed by atoms with E-state index in [-0.39, 0.29) is 5.56 Å². The SMILES string of the molecule is CN=C(NCCCCn1ccccc1=O)NCC(C)c1cccc(C)c1. The lowest BCUT2D eigenvalue weighted by Crippen LogP contribution is -2.39. The van der Waals surface area contributed by atoms with Gasteiger partial charge >= 0.3 is 0 Å². The van der Waals surface area contributed by atoms with E-state index in [4.69, 9.17) is 0 Å². The third-order valence-electron chi connectivity index (χ3n) is 4.43. The smallest absolute Gasteiger partial charge is 0.250 e. The molecule has 0 fully saturated rings. The molecule has 0 aliphatic heterocycles. The standard InChI is InChI=1S/C21H30N4O/c1-17-9-8-10-19(15-17)18(2)16-24-21(22-3)23-12-5-7-14-25-13-6-4-11-20(25)26/h4,6,8-11,13,15,18H,5,7,12,14,16H2,1-3H3,(H2,22,23,24). The summed E-state index contributed by atoms with van der Waals surface area (Å²) in [6, 6.07) is 13.9. The lowest BCUT2D eigenvalue weighted by molar-refractivity contribution is 0.584. The van der Waals surface area contributed by atoms with Gasteiger partial charge in [0.15, 0.2) is 5.96 Å². The summed E-state index contributed by atoms with van der Waals surface area (Å²) in [5.41, 5.74) is 2.68. The second kappa shape index (κ2) is 10.4. The fraction of sp³-hybridized carbons (Fsp3) is 0.429. The van der Waals surface area contributed by atoms with Gasteiger partial charge in [0.1, 0.15) is 0 Å². The first-order valence-electron chi connectivity index (χ1n) is 9.26. The molecule has 1 atom stereocenters. The number of nitrogens with zero attached hydrogens (tertiary/aromatic N) is 2. The number of aliphatic imine (C=N–C) groups is 1. The molecule has 1 heterocycles. The maximum absolute atomic E-state index is 11.6. The summed E-state index contributed by atoms with van der Waals surface area (Å²) >= 11 is 0. The van der Waals surface area contributed by atoms with Gasteiger partial charge in [-0.25, -0.2) is 0 Å². The lowest BCUT2D eigenvalue weighted by Gasteiger charge is -2.17. The molecule has 140 valence electrons. The first-order valence-corrected chi connectivity index (χ1v) is 9.26. The van der Waals surface area contributed by atoms with Crippen LogP contribution >= 0.6 is 0 Å². The van der Waals surface area contributed by atoms with Crippen LogP contribution in [0.4, 0.5) is 0 Å². The minimum Gasteiger partial charge on any atom is -0.356 e. The van der Waals surface area contributed by atoms with Crippen LogP contribution in [0.25, 0.3) is 0 Å². The van der Waals surface area contributed by atoms with Crippen LogP contribution in [-0.4, -0.2) is 30.7 Å². The molecule has 0 saturated carbocycles. The van der Waals surface area contributed by atoms with E-state index < -0.39 is 0 Å². The molecule has 0 spiro atoms. The van der Waals surface area contributed by atoms with Gasteiger partial charge in [-0.1, -0.05) is 42.8 Å². The Hall–Kier alpha value is -2.56. The molecule has 26 heavy (non-hydrogen) atoms. The van der Waals surface area contributed by atoms with Crippen LogP contribution in [-0.2, 0) is 6.54 Å². The summed E-state index contributed by atoms with van der Waals surface area (Å²) in [6.45, 7) is 6.75. The van der Waals surface area contributed by atoms with Crippen molar-refractivity contribution in [3.05, 3.63) is 70.1 Å². The molecule has 1 aromatic carbocycles. The third kappa shape index (κ3) is 6.39. The highest BCUT2D eigenvalue weighted by atomic mass is 16.1. The van der Waals surface area contributed by atoms with Crippen LogP contribution in [0.1, 0.15) is 36.8 Å². The lowest BCUT2D eigenvalue weighted by atomic mass is 9.99. The van der Waals surface area contributed by atoms with Crippen molar-refractivity contribution in [2.75, 3.05) is 20.1 Å². The highest BCUT2D eigenvalue weighted by molar-refractivity contribution is 5.79. The number of hydrogen-bond donors (Lipinski definition) is 2. The van der Waals surface area contributed by atoms with Crippen LogP contribution in [0.15, 0.2) is 58.4 Å². The Kier molecular flexibility index (Phi) is 7.93. The minimum absolute atomic E-state index is 0.0584. The molecular weight excluding hydrogens is 324 g/mol. The Morgan fingerprint density at radius 2 is 2.00 bits per heavy atom. The maximum atomic E-state index is 11.6. The van der Waals surface area contributed by atoms with Crippen molar-refractivity contribution in [3.63, 3.8) is 0 Å². The first-order chi connectivity index (χ1) is 12.6. The Labute approximate surface area is 156 Å². The molecule has 2 N–H and O–H groups in total. The van der Waals surface area contributed by atoms with Crippen molar-refractivity contribution in [3.8, 4) is 0 Å². The van der Waals surface area contributed by atoms with E-state index in [1.807, 2.05) is 12.3 Å². The molecule has 0 radical (unpaired) electrons. The van der Waals surface area contributed by atoms with Crippen molar-refractivity contribution >= 4 is 5.96 Å². The summed E-state index contributed by atoms with van der Waals surface area (Å²) in [4.78, 5) is 15.9. The molecule has 5 nitrogen and oxygen atoms in total. The van der Waals surface area contributed by atoms with Crippen LogP contribution in [0, 0.1) is 6.92 Å². The zero-order valence-corrected chi connectivity index (χ0v) is 16.0. The third-order valence-corrected chi connectivity index (χ3v) is 4.43. The van der Waals surface area contributed by atoms with Gasteiger partial charge in [-0.15, -0.1) is 0 Å². The first kappa shape index (κ1) is 19.8. The topological polar surface area (TPSA) is 58.4 Å². The van der Waals surface area contributed by atoms with Crippen LogP contribution in [0.2, 0.25) is 0 Å². The van der Waals surface area contributed by atoms with Gasteiger partial charge in [-0.2, -0.15) is 0 Å².